The average Bonchev–Trinajstić information content (AvgIpc) is 4.12. The molecule has 2 atom stereocenters. The largest absolute Gasteiger partial charge is 0.490 e. The molecule has 2 N–H and O–H groups in total. The van der Waals surface area contributed by atoms with Gasteiger partial charge in [0, 0.05) is 85.5 Å². The quantitative estimate of drug-likeness (QED) is 0.0374. The first kappa shape index (κ1) is 46.0. The molecule has 1 saturated heterocycles. The highest BCUT2D eigenvalue weighted by atomic mass is 19.1. The van der Waals surface area contributed by atoms with Crippen LogP contribution in [0.4, 0.5) is 10.1 Å². The number of nitrogens with zero attached hydrogens (tertiary/aromatic N) is 4. The van der Waals surface area contributed by atoms with E-state index in [1.165, 1.54) is 6.07 Å². The minimum atomic E-state index is -0.720. The van der Waals surface area contributed by atoms with Gasteiger partial charge >= 0.3 is 12.4 Å². The maximum Gasteiger partial charge on any atom is 0.357 e. The molecule has 1 amide bonds. The topological polar surface area (TPSA) is 182 Å². The highest BCUT2D eigenvalue weighted by Crippen LogP contribution is 2.38. The molecule has 0 spiro atoms. The zero-order valence-corrected chi connectivity index (χ0v) is 35.5. The van der Waals surface area contributed by atoms with Crippen LogP contribution in [-0.4, -0.2) is 98.8 Å². The first-order valence-corrected chi connectivity index (χ1v) is 21.3. The van der Waals surface area contributed by atoms with E-state index in [1.54, 1.807) is 6.07 Å². The first-order chi connectivity index (χ1) is 30.2. The lowest BCUT2D eigenvalue weighted by molar-refractivity contribution is -0.248. The Morgan fingerprint density at radius 3 is 2.44 bits per heavy atom. The Labute approximate surface area is 360 Å². The minimum Gasteiger partial charge on any atom is -0.490 e. The molecular weight excluding hydrogens is 804 g/mol. The second kappa shape index (κ2) is 23.7. The fraction of sp³-hybridized carbons (Fsp3) is 0.511. The second-order valence-corrected chi connectivity index (χ2v) is 15.6. The molecule has 6 rings (SSSR count). The Balaban J connectivity index is 0.963. The molecule has 1 aliphatic carbocycles. The summed E-state index contributed by atoms with van der Waals surface area (Å²) in [5.74, 6) is -1.19. The van der Waals surface area contributed by atoms with E-state index in [1.807, 2.05) is 44.6 Å². The molecule has 62 heavy (non-hydrogen) atoms. The predicted molar refractivity (Wildman–Crippen MR) is 227 cm³/mol. The summed E-state index contributed by atoms with van der Waals surface area (Å²) in [4.78, 5) is 66.8. The lowest BCUT2D eigenvalue weighted by Gasteiger charge is -2.39. The van der Waals surface area contributed by atoms with Crippen LogP contribution in [0.2, 0.25) is 0 Å². The SMILES string of the molecule is Cc1ccc(N2CCC[C@H](C(NCc3cn(C4CC4)c4cc(OCCCNC(=O)CCOCCOCCOCCC(=O)OOC=O)c(F)cc4c3=O)c3ccnc(C)c3)C2)cn1. The van der Waals surface area contributed by atoms with Crippen LogP contribution in [-0.2, 0) is 44.9 Å². The maximum atomic E-state index is 15.6. The molecule has 4 heterocycles. The predicted octanol–water partition coefficient (Wildman–Crippen LogP) is 4.98. The minimum absolute atomic E-state index is 0.00934. The van der Waals surface area contributed by atoms with Crippen molar-refractivity contribution >= 4 is 34.9 Å². The van der Waals surface area contributed by atoms with E-state index in [0.717, 1.165) is 61.4 Å². The summed E-state index contributed by atoms with van der Waals surface area (Å²) in [5.41, 5.74) is 5.16. The van der Waals surface area contributed by atoms with E-state index >= 15 is 4.39 Å². The molecule has 0 radical (unpaired) electrons. The second-order valence-electron chi connectivity index (χ2n) is 15.6. The highest BCUT2D eigenvalue weighted by molar-refractivity contribution is 5.81. The van der Waals surface area contributed by atoms with Crippen LogP contribution in [0.25, 0.3) is 10.9 Å². The molecule has 2 aliphatic rings. The smallest absolute Gasteiger partial charge is 0.357 e. The summed E-state index contributed by atoms with van der Waals surface area (Å²) in [6.07, 6.45) is 10.3. The Morgan fingerprint density at radius 2 is 1.71 bits per heavy atom. The fourth-order valence-corrected chi connectivity index (χ4v) is 7.55. The number of benzene rings is 1. The molecule has 0 bridgehead atoms. The van der Waals surface area contributed by atoms with Gasteiger partial charge in [-0.15, -0.1) is 0 Å². The van der Waals surface area contributed by atoms with Gasteiger partial charge in [-0.25, -0.2) is 14.1 Å². The van der Waals surface area contributed by atoms with Gasteiger partial charge in [-0.3, -0.25) is 29.2 Å². The number of pyridine rings is 3. The number of carbonyl (C=O) groups excluding carboxylic acids is 3. The molecular formula is C45H57FN6O10. The summed E-state index contributed by atoms with van der Waals surface area (Å²) >= 11 is 0. The molecule has 1 saturated carbocycles. The Hall–Kier alpha value is -5.49. The number of hydrogen-bond acceptors (Lipinski definition) is 14. The third kappa shape index (κ3) is 13.8. The summed E-state index contributed by atoms with van der Waals surface area (Å²) < 4.78 is 39.6. The monoisotopic (exact) mass is 860 g/mol. The van der Waals surface area contributed by atoms with E-state index in [-0.39, 0.29) is 87.4 Å². The van der Waals surface area contributed by atoms with Crippen molar-refractivity contribution in [1.29, 1.82) is 0 Å². The molecule has 4 aromatic rings. The van der Waals surface area contributed by atoms with Crippen LogP contribution in [0.15, 0.2) is 59.8 Å². The standard InChI is InChI=1S/C45H57FN6O10/c1-31-6-7-37(27-49-31)51-15-3-5-34(28-51)44(33-10-14-47-32(2)23-33)50-26-35-29-52(36-8-9-36)40-25-41(39(46)24-38(40)45(35)56)60-16-4-13-48-42(54)11-17-57-19-21-59-22-20-58-18-12-43(55)62-61-30-53/h6-7,10,14,23-25,27,29-30,34,36,44,50H,3-5,8-9,11-13,15-22,26,28H2,1-2H3,(H,48,54)/t34-,44?/m0/s1. The molecule has 334 valence electrons. The van der Waals surface area contributed by atoms with Crippen molar-refractivity contribution < 1.29 is 47.5 Å². The van der Waals surface area contributed by atoms with Gasteiger partial charge in [-0.2, -0.15) is 0 Å². The number of carbonyl (C=O) groups is 3. The number of rotatable bonds is 26. The first-order valence-electron chi connectivity index (χ1n) is 21.3. The zero-order valence-electron chi connectivity index (χ0n) is 35.5. The number of fused-ring (bicyclic) bond motifs is 1. The van der Waals surface area contributed by atoms with Crippen molar-refractivity contribution in [3.05, 3.63) is 93.5 Å². The number of ether oxygens (including phenoxy) is 4. The number of aryl methyl sites for hydroxylation is 2. The summed E-state index contributed by atoms with van der Waals surface area (Å²) in [6.45, 7) is 8.06. The van der Waals surface area contributed by atoms with E-state index < -0.39 is 11.8 Å². The van der Waals surface area contributed by atoms with Crippen LogP contribution in [0.3, 0.4) is 0 Å². The van der Waals surface area contributed by atoms with Crippen molar-refractivity contribution in [2.45, 2.75) is 77.4 Å². The van der Waals surface area contributed by atoms with E-state index in [9.17, 15) is 19.2 Å². The summed E-state index contributed by atoms with van der Waals surface area (Å²) in [6, 6.07) is 11.4. The molecule has 17 heteroatoms. The number of anilines is 1. The van der Waals surface area contributed by atoms with Crippen LogP contribution in [0.1, 0.15) is 79.5 Å². The Kier molecular flexibility index (Phi) is 17.6. The fourth-order valence-electron chi connectivity index (χ4n) is 7.55. The average molecular weight is 861 g/mol. The zero-order chi connectivity index (χ0) is 43.7. The third-order valence-electron chi connectivity index (χ3n) is 10.8. The molecule has 1 aliphatic heterocycles. The molecule has 3 aromatic heterocycles. The number of nitrogens with one attached hydrogen (secondary N) is 2. The van der Waals surface area contributed by atoms with Crippen LogP contribution >= 0.6 is 0 Å². The van der Waals surface area contributed by atoms with Gasteiger partial charge in [0.15, 0.2) is 17.0 Å². The van der Waals surface area contributed by atoms with Crippen molar-refractivity contribution in [3.8, 4) is 5.75 Å². The molecule has 1 aromatic carbocycles. The van der Waals surface area contributed by atoms with E-state index in [4.69, 9.17) is 18.9 Å². The molecule has 1 unspecified atom stereocenters. The van der Waals surface area contributed by atoms with Crippen molar-refractivity contribution in [1.82, 2.24) is 25.2 Å². The van der Waals surface area contributed by atoms with Gasteiger partial charge in [-0.1, -0.05) is 0 Å². The van der Waals surface area contributed by atoms with Crippen molar-refractivity contribution in [3.63, 3.8) is 0 Å². The van der Waals surface area contributed by atoms with Crippen LogP contribution in [0.5, 0.6) is 5.75 Å². The summed E-state index contributed by atoms with van der Waals surface area (Å²) in [7, 11) is 0. The number of halogens is 1. The lowest BCUT2D eigenvalue weighted by Crippen LogP contribution is -2.42. The van der Waals surface area contributed by atoms with E-state index in [2.05, 4.69) is 52.0 Å². The highest BCUT2D eigenvalue weighted by Gasteiger charge is 2.30. The Bertz CT molecular complexity index is 2150. The Morgan fingerprint density at radius 1 is 0.935 bits per heavy atom. The number of aromatic nitrogens is 3. The van der Waals surface area contributed by atoms with Gasteiger partial charge in [0.25, 0.3) is 0 Å². The van der Waals surface area contributed by atoms with E-state index in [0.29, 0.717) is 49.2 Å². The normalized spacial score (nSPS) is 15.6. The number of hydrogen-bond donors (Lipinski definition) is 2. The number of piperidine rings is 1. The van der Waals surface area contributed by atoms with Crippen LogP contribution in [0, 0.1) is 25.6 Å². The van der Waals surface area contributed by atoms with Crippen LogP contribution < -0.4 is 25.7 Å². The lowest BCUT2D eigenvalue weighted by atomic mass is 9.86. The van der Waals surface area contributed by atoms with Gasteiger partial charge in [0.1, 0.15) is 0 Å². The number of amides is 1. The molecule has 2 fully saturated rings. The van der Waals surface area contributed by atoms with Gasteiger partial charge in [0.05, 0.1) is 70.1 Å². The summed E-state index contributed by atoms with van der Waals surface area (Å²) in [5, 5.41) is 6.90. The van der Waals surface area contributed by atoms with Gasteiger partial charge < -0.3 is 39.0 Å². The maximum absolute atomic E-state index is 15.6. The van der Waals surface area contributed by atoms with Gasteiger partial charge in [-0.05, 0) is 87.8 Å². The molecule has 16 nitrogen and oxygen atoms in total. The van der Waals surface area contributed by atoms with Crippen molar-refractivity contribution in [2.75, 3.05) is 70.8 Å². The third-order valence-corrected chi connectivity index (χ3v) is 10.8. The van der Waals surface area contributed by atoms with Crippen molar-refractivity contribution in [2.24, 2.45) is 5.92 Å². The van der Waals surface area contributed by atoms with Gasteiger partial charge in [0.2, 0.25) is 5.91 Å².